The van der Waals surface area contributed by atoms with Crippen LogP contribution in [0.3, 0.4) is 0 Å². The highest BCUT2D eigenvalue weighted by Gasteiger charge is 2.35. The van der Waals surface area contributed by atoms with Gasteiger partial charge in [0, 0.05) is 17.7 Å². The van der Waals surface area contributed by atoms with Crippen LogP contribution in [0.4, 0.5) is 5.69 Å². The lowest BCUT2D eigenvalue weighted by molar-refractivity contribution is -0.384. The molecule has 0 spiro atoms. The number of nitrogens with zero attached hydrogens (tertiary/aromatic N) is 3. The molecule has 0 unspecified atom stereocenters. The number of hydrogen-bond acceptors (Lipinski definition) is 9. The molecular weight excluding hydrogens is 653 g/mol. The Morgan fingerprint density at radius 3 is 2.43 bits per heavy atom. The molecule has 0 fully saturated rings. The van der Waals surface area contributed by atoms with Crippen LogP contribution in [0.15, 0.2) is 81.7 Å². The Morgan fingerprint density at radius 2 is 1.80 bits per heavy atom. The van der Waals surface area contributed by atoms with Crippen molar-refractivity contribution in [1.29, 1.82) is 0 Å². The molecule has 0 bridgehead atoms. The van der Waals surface area contributed by atoms with Crippen LogP contribution in [0.25, 0.3) is 6.08 Å². The minimum Gasteiger partial charge on any atom is -0.491 e. The van der Waals surface area contributed by atoms with E-state index in [0.717, 1.165) is 0 Å². The van der Waals surface area contributed by atoms with Gasteiger partial charge in [-0.05, 0) is 75.2 Å². The van der Waals surface area contributed by atoms with Gasteiger partial charge in [0.15, 0.2) is 10.6 Å². The second kappa shape index (κ2) is 13.9. The smallest absolute Gasteiger partial charge is 0.338 e. The second-order valence-corrected chi connectivity index (χ2v) is 12.4. The molecule has 1 atom stereocenters. The van der Waals surface area contributed by atoms with E-state index in [9.17, 15) is 19.7 Å². The Kier molecular flexibility index (Phi) is 9.95. The van der Waals surface area contributed by atoms with Gasteiger partial charge in [-0.3, -0.25) is 19.5 Å². The van der Waals surface area contributed by atoms with E-state index in [1.165, 1.54) is 28.0 Å². The summed E-state index contributed by atoms with van der Waals surface area (Å²) in [6.07, 6.45) is 1.50. The third kappa shape index (κ3) is 6.86. The average molecular weight is 683 g/mol. The fourth-order valence-electron chi connectivity index (χ4n) is 4.97. The van der Waals surface area contributed by atoms with Gasteiger partial charge in [0.2, 0.25) is 0 Å². The second-order valence-electron chi connectivity index (χ2n) is 10.5. The molecule has 1 aliphatic heterocycles. The number of rotatable bonds is 10. The number of nitro benzene ring substituents is 1. The molecule has 0 saturated heterocycles. The molecule has 46 heavy (non-hydrogen) atoms. The lowest BCUT2D eigenvalue weighted by Crippen LogP contribution is -2.40. The van der Waals surface area contributed by atoms with E-state index in [4.69, 9.17) is 37.4 Å². The number of allylic oxidation sites excluding steroid dienone is 1. The highest BCUT2D eigenvalue weighted by Crippen LogP contribution is 2.37. The maximum absolute atomic E-state index is 14.1. The maximum atomic E-state index is 14.1. The van der Waals surface area contributed by atoms with Gasteiger partial charge in [-0.15, -0.1) is 0 Å². The van der Waals surface area contributed by atoms with Gasteiger partial charge in [-0.1, -0.05) is 52.7 Å². The summed E-state index contributed by atoms with van der Waals surface area (Å²) in [6.45, 7) is 7.48. The molecule has 5 rings (SSSR count). The lowest BCUT2D eigenvalue weighted by Gasteiger charge is -2.26. The molecule has 2 heterocycles. The molecule has 238 valence electrons. The SMILES string of the molecule is CCOC(=O)C1=C(C)N=c2s/c(=C/c3cc(Cl)c(OCc4ccc([N+](=O)[O-])cc4)c(Cl)c3)c(=O)n2[C@@H]1c1ccccc1OC(C)C. The summed E-state index contributed by atoms with van der Waals surface area (Å²) in [4.78, 5) is 42.8. The Bertz CT molecular complexity index is 2010. The number of esters is 1. The number of nitro groups is 1. The van der Waals surface area contributed by atoms with Crippen molar-refractivity contribution in [3.63, 3.8) is 0 Å². The van der Waals surface area contributed by atoms with Crippen LogP contribution in [0.2, 0.25) is 10.0 Å². The van der Waals surface area contributed by atoms with Gasteiger partial charge in [0.05, 0.1) is 43.5 Å². The predicted octanol–water partition coefficient (Wildman–Crippen LogP) is 6.38. The lowest BCUT2D eigenvalue weighted by atomic mass is 9.95. The number of non-ortho nitro benzene ring substituents is 1. The van der Waals surface area contributed by atoms with Gasteiger partial charge in [-0.2, -0.15) is 0 Å². The van der Waals surface area contributed by atoms with Crippen molar-refractivity contribution < 1.29 is 23.9 Å². The highest BCUT2D eigenvalue weighted by atomic mass is 35.5. The minimum atomic E-state index is -0.838. The number of hydrogen-bond donors (Lipinski definition) is 0. The Balaban J connectivity index is 1.54. The monoisotopic (exact) mass is 681 g/mol. The van der Waals surface area contributed by atoms with Gasteiger partial charge < -0.3 is 14.2 Å². The van der Waals surface area contributed by atoms with Crippen molar-refractivity contribution in [3.8, 4) is 11.5 Å². The molecule has 1 aromatic heterocycles. The summed E-state index contributed by atoms with van der Waals surface area (Å²) in [5.41, 5.74) is 2.16. The maximum Gasteiger partial charge on any atom is 0.338 e. The number of aromatic nitrogens is 1. The summed E-state index contributed by atoms with van der Waals surface area (Å²) >= 11 is 14.3. The summed E-state index contributed by atoms with van der Waals surface area (Å²) in [6, 6.07) is 15.6. The quantitative estimate of drug-likeness (QED) is 0.108. The molecule has 10 nitrogen and oxygen atoms in total. The topological polar surface area (TPSA) is 122 Å². The third-order valence-corrected chi connectivity index (χ3v) is 8.49. The standard InChI is InChI=1S/C33H29Cl2N3O7S/c1-5-43-32(40)28-19(4)36-33-37(29(28)23-8-6-7-9-26(23)45-18(2)3)31(39)27(46-33)16-21-14-24(34)30(25(35)15-21)44-17-20-10-12-22(13-11-20)38(41)42/h6-16,18,29H,5,17H2,1-4H3/b27-16+/t29-/m1/s1. The largest absolute Gasteiger partial charge is 0.491 e. The third-order valence-electron chi connectivity index (χ3n) is 6.94. The van der Waals surface area contributed by atoms with Gasteiger partial charge >= 0.3 is 5.97 Å². The summed E-state index contributed by atoms with van der Waals surface area (Å²) in [5.74, 6) is 0.207. The number of carbonyl (C=O) groups is 1. The number of ether oxygens (including phenoxy) is 3. The molecular formula is C33H29Cl2N3O7S. The van der Waals surface area contributed by atoms with Gasteiger partial charge in [0.25, 0.3) is 11.2 Å². The summed E-state index contributed by atoms with van der Waals surface area (Å²) in [5, 5.41) is 11.3. The molecule has 0 amide bonds. The first-order valence-electron chi connectivity index (χ1n) is 14.3. The zero-order valence-corrected chi connectivity index (χ0v) is 27.6. The summed E-state index contributed by atoms with van der Waals surface area (Å²) in [7, 11) is 0. The first-order chi connectivity index (χ1) is 22.0. The fraction of sp³-hybridized carbons (Fsp3) is 0.242. The van der Waals surface area contributed by atoms with E-state index in [2.05, 4.69) is 4.99 Å². The summed E-state index contributed by atoms with van der Waals surface area (Å²) < 4.78 is 19.1. The normalized spacial score (nSPS) is 14.6. The van der Waals surface area contributed by atoms with Gasteiger partial charge in [-0.25, -0.2) is 9.79 Å². The fourth-order valence-corrected chi connectivity index (χ4v) is 6.63. The van der Waals surface area contributed by atoms with Crippen molar-refractivity contribution in [2.45, 2.75) is 46.4 Å². The number of halogens is 2. The number of fused-ring (bicyclic) bond motifs is 1. The molecule has 1 aliphatic rings. The Morgan fingerprint density at radius 1 is 1.13 bits per heavy atom. The van der Waals surface area contributed by atoms with E-state index in [1.807, 2.05) is 32.0 Å². The predicted molar refractivity (Wildman–Crippen MR) is 176 cm³/mol. The number of para-hydroxylation sites is 1. The molecule has 0 aliphatic carbocycles. The molecule has 0 radical (unpaired) electrons. The van der Waals surface area contributed by atoms with Crippen LogP contribution in [0.1, 0.15) is 50.4 Å². The van der Waals surface area contributed by atoms with E-state index in [1.54, 1.807) is 50.3 Å². The van der Waals surface area contributed by atoms with Crippen LogP contribution in [-0.4, -0.2) is 28.2 Å². The zero-order chi connectivity index (χ0) is 33.1. The molecule has 0 N–H and O–H groups in total. The molecule has 13 heteroatoms. The number of benzene rings is 3. The van der Waals surface area contributed by atoms with Gasteiger partial charge in [0.1, 0.15) is 18.4 Å². The van der Waals surface area contributed by atoms with Crippen LogP contribution in [-0.2, 0) is 16.1 Å². The molecule has 0 saturated carbocycles. The van der Waals surface area contributed by atoms with Crippen LogP contribution >= 0.6 is 34.5 Å². The first kappa shape index (κ1) is 32.9. The molecule has 4 aromatic rings. The van der Waals surface area contributed by atoms with Crippen LogP contribution < -0.4 is 24.4 Å². The number of thiazole rings is 1. The van der Waals surface area contributed by atoms with Crippen LogP contribution in [0.5, 0.6) is 11.5 Å². The van der Waals surface area contributed by atoms with E-state index < -0.39 is 16.9 Å². The van der Waals surface area contributed by atoms with E-state index >= 15 is 0 Å². The first-order valence-corrected chi connectivity index (χ1v) is 15.9. The van der Waals surface area contributed by atoms with Crippen LogP contribution in [0, 0.1) is 10.1 Å². The number of carbonyl (C=O) groups excluding carboxylic acids is 1. The van der Waals surface area contributed by atoms with Crippen molar-refractivity contribution in [2.75, 3.05) is 6.61 Å². The van der Waals surface area contributed by atoms with Crippen molar-refractivity contribution >= 4 is 52.3 Å². The van der Waals surface area contributed by atoms with E-state index in [0.29, 0.717) is 37.5 Å². The Labute approximate surface area is 277 Å². The van der Waals surface area contributed by atoms with Crippen molar-refractivity contribution in [3.05, 3.63) is 128 Å². The van der Waals surface area contributed by atoms with Crippen molar-refractivity contribution in [1.82, 2.24) is 4.57 Å². The Hall–Kier alpha value is -4.45. The highest BCUT2D eigenvalue weighted by molar-refractivity contribution is 7.07. The minimum absolute atomic E-state index is 0.0267. The average Bonchev–Trinajstić information content (AvgIpc) is 3.30. The van der Waals surface area contributed by atoms with Crippen molar-refractivity contribution in [2.24, 2.45) is 4.99 Å². The van der Waals surface area contributed by atoms with E-state index in [-0.39, 0.29) is 51.9 Å². The molecule has 3 aromatic carbocycles. The zero-order valence-electron chi connectivity index (χ0n) is 25.3.